The van der Waals surface area contributed by atoms with Crippen LogP contribution in [0.2, 0.25) is 0 Å². The van der Waals surface area contributed by atoms with E-state index in [0.29, 0.717) is 15.9 Å². The van der Waals surface area contributed by atoms with E-state index in [9.17, 15) is 4.79 Å². The first-order valence-corrected chi connectivity index (χ1v) is 11.3. The van der Waals surface area contributed by atoms with Gasteiger partial charge in [-0.3, -0.25) is 9.36 Å². The molecule has 1 unspecified atom stereocenters. The quantitative estimate of drug-likeness (QED) is 0.475. The van der Waals surface area contributed by atoms with Crippen molar-refractivity contribution in [1.82, 2.24) is 4.57 Å². The van der Waals surface area contributed by atoms with Crippen LogP contribution >= 0.6 is 11.3 Å². The highest BCUT2D eigenvalue weighted by atomic mass is 32.1. The van der Waals surface area contributed by atoms with Crippen molar-refractivity contribution in [2.45, 2.75) is 13.0 Å². The SMILES string of the molecule is CCOc1ccc(C=c2sc3n(c2=O)C(c2ccccc2)C(c2ccccc2)=NN=3)cc1. The smallest absolute Gasteiger partial charge is 0.271 e. The van der Waals surface area contributed by atoms with Gasteiger partial charge < -0.3 is 4.74 Å². The Morgan fingerprint density at radius 1 is 0.938 bits per heavy atom. The van der Waals surface area contributed by atoms with Crippen LogP contribution < -0.4 is 19.6 Å². The van der Waals surface area contributed by atoms with E-state index in [1.54, 1.807) is 4.57 Å². The number of aromatic nitrogens is 1. The Hall–Kier alpha value is -3.77. The number of ether oxygens (including phenoxy) is 1. The van der Waals surface area contributed by atoms with Gasteiger partial charge in [0.05, 0.1) is 16.9 Å². The van der Waals surface area contributed by atoms with E-state index in [1.165, 1.54) is 11.3 Å². The van der Waals surface area contributed by atoms with E-state index in [1.807, 2.05) is 97.9 Å². The lowest BCUT2D eigenvalue weighted by Crippen LogP contribution is -2.40. The van der Waals surface area contributed by atoms with Gasteiger partial charge in [0, 0.05) is 5.56 Å². The molecule has 5 nitrogen and oxygen atoms in total. The maximum Gasteiger partial charge on any atom is 0.271 e. The molecule has 1 aromatic heterocycles. The minimum Gasteiger partial charge on any atom is -0.494 e. The third-order valence-corrected chi connectivity index (χ3v) is 6.24. The topological polar surface area (TPSA) is 56.0 Å². The van der Waals surface area contributed by atoms with Gasteiger partial charge in [0.15, 0.2) is 0 Å². The molecule has 0 saturated heterocycles. The molecule has 5 rings (SSSR count). The van der Waals surface area contributed by atoms with Crippen molar-refractivity contribution >= 4 is 23.1 Å². The molecule has 0 spiro atoms. The van der Waals surface area contributed by atoms with Crippen LogP contribution in [0, 0.1) is 0 Å². The molecule has 4 aromatic rings. The zero-order valence-corrected chi connectivity index (χ0v) is 18.3. The number of nitrogens with zero attached hydrogens (tertiary/aromatic N) is 3. The molecule has 0 amide bonds. The third kappa shape index (κ3) is 3.81. The number of hydrogen-bond acceptors (Lipinski definition) is 5. The van der Waals surface area contributed by atoms with Crippen LogP contribution in [0.1, 0.15) is 29.7 Å². The van der Waals surface area contributed by atoms with Crippen molar-refractivity contribution in [3.8, 4) is 5.75 Å². The summed E-state index contributed by atoms with van der Waals surface area (Å²) >= 11 is 1.36. The molecule has 0 radical (unpaired) electrons. The Balaban J connectivity index is 1.64. The molecule has 6 heteroatoms. The Labute approximate surface area is 189 Å². The molecule has 2 heterocycles. The lowest BCUT2D eigenvalue weighted by atomic mass is 9.96. The highest BCUT2D eigenvalue weighted by Crippen LogP contribution is 2.24. The first-order chi connectivity index (χ1) is 15.7. The number of benzene rings is 3. The largest absolute Gasteiger partial charge is 0.494 e. The second-order valence-electron chi connectivity index (χ2n) is 7.33. The van der Waals surface area contributed by atoms with Crippen molar-refractivity contribution in [3.63, 3.8) is 0 Å². The normalized spacial score (nSPS) is 15.6. The monoisotopic (exact) mass is 439 g/mol. The number of fused-ring (bicyclic) bond motifs is 1. The van der Waals surface area contributed by atoms with E-state index in [4.69, 9.17) is 4.74 Å². The van der Waals surface area contributed by atoms with Gasteiger partial charge in [-0.1, -0.05) is 84.1 Å². The number of hydrogen-bond donors (Lipinski definition) is 0. The fourth-order valence-electron chi connectivity index (χ4n) is 3.80. The average Bonchev–Trinajstić information content (AvgIpc) is 3.16. The van der Waals surface area contributed by atoms with Crippen LogP contribution in [-0.2, 0) is 0 Å². The van der Waals surface area contributed by atoms with Crippen molar-refractivity contribution < 1.29 is 4.74 Å². The lowest BCUT2D eigenvalue weighted by Gasteiger charge is -2.22. The Morgan fingerprint density at radius 3 is 2.31 bits per heavy atom. The van der Waals surface area contributed by atoms with E-state index in [0.717, 1.165) is 28.2 Å². The second-order valence-corrected chi connectivity index (χ2v) is 8.34. The number of thiazole rings is 1. The molecule has 0 N–H and O–H groups in total. The molecule has 158 valence electrons. The van der Waals surface area contributed by atoms with Gasteiger partial charge in [-0.15, -0.1) is 10.2 Å². The van der Waals surface area contributed by atoms with Gasteiger partial charge in [-0.2, -0.15) is 0 Å². The first-order valence-electron chi connectivity index (χ1n) is 10.5. The summed E-state index contributed by atoms with van der Waals surface area (Å²) in [7, 11) is 0. The standard InChI is InChI=1S/C26H21N3O2S/c1-2-31-21-15-13-18(14-16-21)17-22-25(30)29-24(20-11-7-4-8-12-20)23(27-28-26(29)32-22)19-9-5-3-6-10-19/h3-17,24H,2H2,1H3. The first kappa shape index (κ1) is 20.2. The van der Waals surface area contributed by atoms with Crippen LogP contribution in [0.15, 0.2) is 99.9 Å². The highest BCUT2D eigenvalue weighted by molar-refractivity contribution is 7.07. The fourth-order valence-corrected chi connectivity index (χ4v) is 4.75. The van der Waals surface area contributed by atoms with Gasteiger partial charge in [0.25, 0.3) is 5.56 Å². The Bertz CT molecular complexity index is 1440. The second kappa shape index (κ2) is 8.77. The van der Waals surface area contributed by atoms with E-state index < -0.39 is 0 Å². The minimum absolute atomic E-state index is 0.0696. The average molecular weight is 440 g/mol. The maximum atomic E-state index is 13.6. The van der Waals surface area contributed by atoms with Crippen molar-refractivity contribution in [2.75, 3.05) is 6.61 Å². The lowest BCUT2D eigenvalue weighted by molar-refractivity contribution is 0.340. The van der Waals surface area contributed by atoms with Crippen LogP contribution in [0.3, 0.4) is 0 Å². The Morgan fingerprint density at radius 2 is 1.62 bits per heavy atom. The third-order valence-electron chi connectivity index (χ3n) is 5.27. The zero-order chi connectivity index (χ0) is 21.9. The van der Waals surface area contributed by atoms with Gasteiger partial charge in [-0.25, -0.2) is 0 Å². The highest BCUT2D eigenvalue weighted by Gasteiger charge is 2.28. The molecular weight excluding hydrogens is 418 g/mol. The summed E-state index contributed by atoms with van der Waals surface area (Å²) < 4.78 is 7.89. The fraction of sp³-hybridized carbons (Fsp3) is 0.115. The predicted octanol–water partition coefficient (Wildman–Crippen LogP) is 3.76. The molecule has 32 heavy (non-hydrogen) atoms. The van der Waals surface area contributed by atoms with Crippen molar-refractivity contribution in [1.29, 1.82) is 0 Å². The van der Waals surface area contributed by atoms with Gasteiger partial charge in [0.1, 0.15) is 11.8 Å². The molecule has 3 aromatic carbocycles. The summed E-state index contributed by atoms with van der Waals surface area (Å²) in [6.07, 6.45) is 1.90. The van der Waals surface area contributed by atoms with Crippen molar-refractivity contribution in [2.24, 2.45) is 10.2 Å². The molecule has 0 saturated carbocycles. The predicted molar refractivity (Wildman–Crippen MR) is 128 cm³/mol. The molecule has 0 aliphatic carbocycles. The zero-order valence-electron chi connectivity index (χ0n) is 17.5. The van der Waals surface area contributed by atoms with Crippen LogP contribution in [0.5, 0.6) is 5.75 Å². The van der Waals surface area contributed by atoms with Crippen LogP contribution in [0.4, 0.5) is 0 Å². The van der Waals surface area contributed by atoms with Crippen molar-refractivity contribution in [3.05, 3.63) is 121 Å². The summed E-state index contributed by atoms with van der Waals surface area (Å²) in [5.74, 6) is 0.812. The summed E-state index contributed by atoms with van der Waals surface area (Å²) in [4.78, 5) is 14.1. The molecule has 1 aliphatic heterocycles. The summed E-state index contributed by atoms with van der Waals surface area (Å²) in [6.45, 7) is 2.57. The van der Waals surface area contributed by atoms with Crippen LogP contribution in [0.25, 0.3) is 6.08 Å². The maximum absolute atomic E-state index is 13.6. The number of rotatable bonds is 5. The van der Waals surface area contributed by atoms with E-state index in [-0.39, 0.29) is 11.6 Å². The molecular formula is C26H21N3O2S. The molecule has 0 bridgehead atoms. The molecule has 1 aliphatic rings. The molecule has 0 fully saturated rings. The van der Waals surface area contributed by atoms with Gasteiger partial charge in [-0.05, 0) is 36.3 Å². The Kier molecular flexibility index (Phi) is 5.52. The van der Waals surface area contributed by atoms with E-state index >= 15 is 0 Å². The van der Waals surface area contributed by atoms with E-state index in [2.05, 4.69) is 10.2 Å². The van der Waals surface area contributed by atoms with Gasteiger partial charge >= 0.3 is 0 Å². The summed E-state index contributed by atoms with van der Waals surface area (Å²) in [5.41, 5.74) is 3.58. The van der Waals surface area contributed by atoms with Gasteiger partial charge in [0.2, 0.25) is 4.80 Å². The summed E-state index contributed by atoms with van der Waals surface area (Å²) in [6, 6.07) is 27.3. The molecule has 1 atom stereocenters. The van der Waals surface area contributed by atoms with Crippen LogP contribution in [-0.4, -0.2) is 16.9 Å². The summed E-state index contributed by atoms with van der Waals surface area (Å²) in [5, 5.41) is 8.97. The minimum atomic E-state index is -0.336.